The smallest absolute Gasteiger partial charge is 0.255 e. The number of fused-ring (bicyclic) bond motifs is 1. The molecule has 1 unspecified atom stereocenters. The van der Waals surface area contributed by atoms with Gasteiger partial charge in [0.05, 0.1) is 12.5 Å². The number of benzene rings is 4. The SMILES string of the molecule is CCCCCN(C(=O)COCc1ccccc1)C(=O)C(CNC(=O)c1ccc(CN)cc1)c1ccc2ccccc2c1.Cl. The molecular weight excluding hydrogens is 562 g/mol. The van der Waals surface area contributed by atoms with E-state index in [1.54, 1.807) is 12.1 Å². The van der Waals surface area contributed by atoms with Crippen LogP contribution in [0.25, 0.3) is 10.8 Å². The monoisotopic (exact) mass is 601 g/mol. The van der Waals surface area contributed by atoms with E-state index < -0.39 is 5.92 Å². The van der Waals surface area contributed by atoms with Crippen molar-refractivity contribution in [2.75, 3.05) is 19.7 Å². The highest BCUT2D eigenvalue weighted by Gasteiger charge is 2.30. The van der Waals surface area contributed by atoms with Gasteiger partial charge in [-0.2, -0.15) is 0 Å². The second-order valence-electron chi connectivity index (χ2n) is 10.3. The normalized spacial score (nSPS) is 11.4. The van der Waals surface area contributed by atoms with Crippen molar-refractivity contribution in [1.29, 1.82) is 0 Å². The first kappa shape index (κ1) is 33.5. The molecule has 0 aliphatic heterocycles. The number of carbonyl (C=O) groups is 3. The summed E-state index contributed by atoms with van der Waals surface area (Å²) in [5, 5.41) is 4.95. The number of ether oxygens (including phenoxy) is 1. The molecule has 3 N–H and O–H groups in total. The number of nitrogens with zero attached hydrogens (tertiary/aromatic N) is 1. The highest BCUT2D eigenvalue weighted by molar-refractivity contribution is 6.00. The first-order valence-electron chi connectivity index (χ1n) is 14.5. The Hall–Kier alpha value is -4.04. The molecule has 0 saturated heterocycles. The fourth-order valence-electron chi connectivity index (χ4n) is 4.84. The Bertz CT molecular complexity index is 1480. The van der Waals surface area contributed by atoms with Crippen LogP contribution in [-0.2, 0) is 27.5 Å². The lowest BCUT2D eigenvalue weighted by Crippen LogP contribution is -2.45. The Morgan fingerprint density at radius 1 is 0.837 bits per heavy atom. The van der Waals surface area contributed by atoms with Gasteiger partial charge in [0.25, 0.3) is 11.8 Å². The van der Waals surface area contributed by atoms with Crippen LogP contribution in [0.4, 0.5) is 0 Å². The summed E-state index contributed by atoms with van der Waals surface area (Å²) < 4.78 is 5.71. The van der Waals surface area contributed by atoms with Crippen molar-refractivity contribution in [3.63, 3.8) is 0 Å². The molecule has 8 heteroatoms. The largest absolute Gasteiger partial charge is 0.367 e. The van der Waals surface area contributed by atoms with E-state index in [2.05, 4.69) is 12.2 Å². The van der Waals surface area contributed by atoms with Crippen molar-refractivity contribution in [2.45, 2.75) is 45.3 Å². The van der Waals surface area contributed by atoms with E-state index in [0.717, 1.165) is 40.3 Å². The van der Waals surface area contributed by atoms with E-state index in [-0.39, 0.29) is 49.9 Å². The van der Waals surface area contributed by atoms with Crippen LogP contribution in [0.2, 0.25) is 0 Å². The summed E-state index contributed by atoms with van der Waals surface area (Å²) in [6.07, 6.45) is 2.53. The number of carbonyl (C=O) groups excluding carboxylic acids is 3. The number of amides is 3. The van der Waals surface area contributed by atoms with Crippen molar-refractivity contribution in [1.82, 2.24) is 10.2 Å². The quantitative estimate of drug-likeness (QED) is 0.173. The molecule has 0 bridgehead atoms. The highest BCUT2D eigenvalue weighted by atomic mass is 35.5. The van der Waals surface area contributed by atoms with Crippen LogP contribution in [0, 0.1) is 0 Å². The second-order valence-corrected chi connectivity index (χ2v) is 10.3. The first-order valence-corrected chi connectivity index (χ1v) is 14.5. The molecule has 0 radical (unpaired) electrons. The predicted octanol–water partition coefficient (Wildman–Crippen LogP) is 6.00. The minimum absolute atomic E-state index is 0. The number of hydrogen-bond acceptors (Lipinski definition) is 5. The molecule has 0 heterocycles. The van der Waals surface area contributed by atoms with E-state index in [9.17, 15) is 14.4 Å². The van der Waals surface area contributed by atoms with E-state index in [1.165, 1.54) is 4.90 Å². The standard InChI is InChI=1S/C35H39N3O4.ClH/c1-2-3-9-20-38(33(39)25-42-24-27-10-5-4-6-11-27)35(41)32(31-19-18-28-12-7-8-13-30(28)21-31)23-37-34(40)29-16-14-26(22-36)15-17-29;/h4-8,10-19,21,32H,2-3,9,20,22-25,36H2,1H3,(H,37,40);1H. The summed E-state index contributed by atoms with van der Waals surface area (Å²) >= 11 is 0. The summed E-state index contributed by atoms with van der Waals surface area (Å²) in [5.41, 5.74) is 8.77. The zero-order valence-corrected chi connectivity index (χ0v) is 25.4. The molecule has 0 aromatic heterocycles. The lowest BCUT2D eigenvalue weighted by atomic mass is 9.94. The van der Waals surface area contributed by atoms with Crippen molar-refractivity contribution in [3.05, 3.63) is 119 Å². The zero-order chi connectivity index (χ0) is 29.7. The van der Waals surface area contributed by atoms with Gasteiger partial charge in [-0.1, -0.05) is 105 Å². The molecule has 0 aliphatic carbocycles. The number of imide groups is 1. The Kier molecular flexibility index (Phi) is 13.4. The van der Waals surface area contributed by atoms with Crippen molar-refractivity contribution < 1.29 is 19.1 Å². The number of nitrogens with two attached hydrogens (primary N) is 1. The van der Waals surface area contributed by atoms with Gasteiger partial charge in [0.2, 0.25) is 5.91 Å². The average Bonchev–Trinajstić information content (AvgIpc) is 3.03. The molecule has 4 rings (SSSR count). The van der Waals surface area contributed by atoms with Gasteiger partial charge >= 0.3 is 0 Å². The molecule has 0 aliphatic rings. The third-order valence-electron chi connectivity index (χ3n) is 7.28. The third kappa shape index (κ3) is 9.48. The topological polar surface area (TPSA) is 102 Å². The van der Waals surface area contributed by atoms with Crippen LogP contribution in [0.15, 0.2) is 97.1 Å². The van der Waals surface area contributed by atoms with Gasteiger partial charge < -0.3 is 15.8 Å². The molecular formula is C35H40ClN3O4. The number of hydrogen-bond donors (Lipinski definition) is 2. The summed E-state index contributed by atoms with van der Waals surface area (Å²) in [7, 11) is 0. The molecule has 0 saturated carbocycles. The van der Waals surface area contributed by atoms with Crippen LogP contribution < -0.4 is 11.1 Å². The molecule has 4 aromatic carbocycles. The first-order chi connectivity index (χ1) is 20.5. The molecule has 0 spiro atoms. The number of halogens is 1. The minimum atomic E-state index is -0.762. The summed E-state index contributed by atoms with van der Waals surface area (Å²) in [6.45, 7) is 2.85. The molecule has 43 heavy (non-hydrogen) atoms. The lowest BCUT2D eigenvalue weighted by molar-refractivity contribution is -0.149. The van der Waals surface area contributed by atoms with Crippen LogP contribution >= 0.6 is 12.4 Å². The highest BCUT2D eigenvalue weighted by Crippen LogP contribution is 2.24. The molecule has 7 nitrogen and oxygen atoms in total. The maximum atomic E-state index is 14.2. The van der Waals surface area contributed by atoms with Crippen molar-refractivity contribution in [3.8, 4) is 0 Å². The lowest BCUT2D eigenvalue weighted by Gasteiger charge is -2.27. The maximum Gasteiger partial charge on any atom is 0.255 e. The van der Waals surface area contributed by atoms with Crippen molar-refractivity contribution in [2.24, 2.45) is 5.73 Å². The zero-order valence-electron chi connectivity index (χ0n) is 24.5. The number of unbranched alkanes of at least 4 members (excludes halogenated alkanes) is 2. The fraction of sp³-hybridized carbons (Fsp3) is 0.286. The molecule has 1 atom stereocenters. The predicted molar refractivity (Wildman–Crippen MR) is 173 cm³/mol. The number of rotatable bonds is 14. The van der Waals surface area contributed by atoms with Gasteiger partial charge in [-0.05, 0) is 46.0 Å². The molecule has 226 valence electrons. The Labute approximate surface area is 259 Å². The molecule has 3 amide bonds. The Morgan fingerprint density at radius 2 is 1.53 bits per heavy atom. The molecule has 0 fully saturated rings. The number of nitrogens with one attached hydrogen (secondary N) is 1. The third-order valence-corrected chi connectivity index (χ3v) is 7.28. The van der Waals surface area contributed by atoms with Crippen LogP contribution in [0.1, 0.15) is 59.2 Å². The van der Waals surface area contributed by atoms with Gasteiger partial charge in [0, 0.05) is 25.2 Å². The Morgan fingerprint density at radius 3 is 2.23 bits per heavy atom. The van der Waals surface area contributed by atoms with E-state index in [1.807, 2.05) is 84.9 Å². The van der Waals surface area contributed by atoms with E-state index in [0.29, 0.717) is 25.1 Å². The van der Waals surface area contributed by atoms with Gasteiger partial charge in [0.1, 0.15) is 6.61 Å². The minimum Gasteiger partial charge on any atom is -0.367 e. The van der Waals surface area contributed by atoms with E-state index >= 15 is 0 Å². The van der Waals surface area contributed by atoms with Crippen LogP contribution in [-0.4, -0.2) is 42.3 Å². The second kappa shape index (κ2) is 17.2. The van der Waals surface area contributed by atoms with Gasteiger partial charge in [-0.15, -0.1) is 12.4 Å². The average molecular weight is 602 g/mol. The van der Waals surface area contributed by atoms with Gasteiger partial charge in [-0.25, -0.2) is 0 Å². The van der Waals surface area contributed by atoms with Crippen LogP contribution in [0.5, 0.6) is 0 Å². The van der Waals surface area contributed by atoms with Gasteiger partial charge in [0.15, 0.2) is 0 Å². The fourth-order valence-corrected chi connectivity index (χ4v) is 4.84. The maximum absolute atomic E-state index is 14.2. The summed E-state index contributed by atoms with van der Waals surface area (Å²) in [6, 6.07) is 30.4. The Balaban J connectivity index is 0.00000506. The van der Waals surface area contributed by atoms with E-state index in [4.69, 9.17) is 10.5 Å². The summed E-state index contributed by atoms with van der Waals surface area (Å²) in [4.78, 5) is 41.9. The van der Waals surface area contributed by atoms with Crippen LogP contribution in [0.3, 0.4) is 0 Å². The van der Waals surface area contributed by atoms with Gasteiger partial charge in [-0.3, -0.25) is 19.3 Å². The summed E-state index contributed by atoms with van der Waals surface area (Å²) in [5.74, 6) is -1.80. The van der Waals surface area contributed by atoms with Crippen molar-refractivity contribution >= 4 is 40.9 Å². The molecule has 4 aromatic rings.